The number of hydrogen-bond acceptors (Lipinski definition) is 4. The quantitative estimate of drug-likeness (QED) is 0.456. The van der Waals surface area contributed by atoms with E-state index < -0.39 is 4.92 Å². The Morgan fingerprint density at radius 2 is 1.71 bits per heavy atom. The smallest absolute Gasteiger partial charge is 0.311 e. The SMILES string of the molecule is COc1ccc(C(NCCc2ccccc2)c2ccc(F)cc2)cc1[N+](=O)[O-]. The van der Waals surface area contributed by atoms with E-state index in [0.29, 0.717) is 12.1 Å². The molecule has 0 saturated heterocycles. The highest BCUT2D eigenvalue weighted by Gasteiger charge is 2.20. The van der Waals surface area contributed by atoms with Crippen LogP contribution in [0.15, 0.2) is 72.8 Å². The molecule has 144 valence electrons. The molecule has 6 heteroatoms. The van der Waals surface area contributed by atoms with Gasteiger partial charge < -0.3 is 10.1 Å². The molecular weight excluding hydrogens is 359 g/mol. The zero-order valence-corrected chi connectivity index (χ0v) is 15.5. The van der Waals surface area contributed by atoms with Crippen molar-refractivity contribution in [2.45, 2.75) is 12.5 Å². The van der Waals surface area contributed by atoms with Gasteiger partial charge in [-0.2, -0.15) is 0 Å². The van der Waals surface area contributed by atoms with Crippen LogP contribution in [0.2, 0.25) is 0 Å². The van der Waals surface area contributed by atoms with Gasteiger partial charge in [0.25, 0.3) is 0 Å². The molecule has 0 fully saturated rings. The molecule has 0 heterocycles. The maximum absolute atomic E-state index is 13.4. The van der Waals surface area contributed by atoms with Crippen LogP contribution in [0.3, 0.4) is 0 Å². The summed E-state index contributed by atoms with van der Waals surface area (Å²) in [6.07, 6.45) is 0.802. The molecule has 3 aromatic rings. The number of halogens is 1. The Balaban J connectivity index is 1.88. The number of ether oxygens (including phenoxy) is 1. The van der Waals surface area contributed by atoms with E-state index in [1.807, 2.05) is 30.3 Å². The molecule has 1 unspecified atom stereocenters. The summed E-state index contributed by atoms with van der Waals surface area (Å²) in [7, 11) is 1.40. The van der Waals surface area contributed by atoms with Gasteiger partial charge in [0.05, 0.1) is 18.1 Å². The van der Waals surface area contributed by atoms with Crippen LogP contribution in [0, 0.1) is 15.9 Å². The molecule has 0 amide bonds. The molecule has 28 heavy (non-hydrogen) atoms. The van der Waals surface area contributed by atoms with Crippen molar-refractivity contribution in [3.63, 3.8) is 0 Å². The first kappa shape index (κ1) is 19.5. The number of rotatable bonds is 8. The van der Waals surface area contributed by atoms with Gasteiger partial charge in [-0.15, -0.1) is 0 Å². The lowest BCUT2D eigenvalue weighted by molar-refractivity contribution is -0.385. The lowest BCUT2D eigenvalue weighted by atomic mass is 9.97. The minimum absolute atomic E-state index is 0.100. The number of methoxy groups -OCH3 is 1. The van der Waals surface area contributed by atoms with Gasteiger partial charge in [-0.3, -0.25) is 10.1 Å². The second-order valence-electron chi connectivity index (χ2n) is 6.36. The fourth-order valence-corrected chi connectivity index (χ4v) is 3.12. The molecule has 0 aromatic heterocycles. The average Bonchev–Trinajstić information content (AvgIpc) is 2.72. The summed E-state index contributed by atoms with van der Waals surface area (Å²) >= 11 is 0. The van der Waals surface area contributed by atoms with Crippen molar-refractivity contribution in [2.24, 2.45) is 0 Å². The van der Waals surface area contributed by atoms with Crippen molar-refractivity contribution in [2.75, 3.05) is 13.7 Å². The maximum atomic E-state index is 13.4. The van der Waals surface area contributed by atoms with Crippen molar-refractivity contribution in [1.82, 2.24) is 5.32 Å². The molecule has 0 spiro atoms. The van der Waals surface area contributed by atoms with Crippen molar-refractivity contribution < 1.29 is 14.1 Å². The first-order valence-corrected chi connectivity index (χ1v) is 8.93. The van der Waals surface area contributed by atoms with Gasteiger partial charge in [0.1, 0.15) is 5.82 Å². The normalized spacial score (nSPS) is 11.8. The van der Waals surface area contributed by atoms with Gasteiger partial charge in [0.15, 0.2) is 5.75 Å². The monoisotopic (exact) mass is 380 g/mol. The Kier molecular flexibility index (Phi) is 6.34. The van der Waals surface area contributed by atoms with Crippen LogP contribution in [0.4, 0.5) is 10.1 Å². The fourth-order valence-electron chi connectivity index (χ4n) is 3.12. The van der Waals surface area contributed by atoms with Crippen LogP contribution in [0.5, 0.6) is 5.75 Å². The fraction of sp³-hybridized carbons (Fsp3) is 0.182. The zero-order chi connectivity index (χ0) is 19.9. The highest BCUT2D eigenvalue weighted by Crippen LogP contribution is 2.32. The number of benzene rings is 3. The summed E-state index contributed by atoms with van der Waals surface area (Å²) in [6, 6.07) is 20.7. The highest BCUT2D eigenvalue weighted by atomic mass is 19.1. The van der Waals surface area contributed by atoms with Gasteiger partial charge in [0, 0.05) is 12.6 Å². The molecule has 0 aliphatic heterocycles. The molecule has 3 aromatic carbocycles. The van der Waals surface area contributed by atoms with Gasteiger partial charge >= 0.3 is 5.69 Å². The van der Waals surface area contributed by atoms with Crippen LogP contribution in [-0.4, -0.2) is 18.6 Å². The second-order valence-corrected chi connectivity index (χ2v) is 6.36. The molecule has 3 rings (SSSR count). The molecule has 0 radical (unpaired) electrons. The summed E-state index contributed by atoms with van der Waals surface area (Å²) < 4.78 is 18.5. The zero-order valence-electron chi connectivity index (χ0n) is 15.5. The minimum Gasteiger partial charge on any atom is -0.490 e. The van der Waals surface area contributed by atoms with Crippen molar-refractivity contribution >= 4 is 5.69 Å². The van der Waals surface area contributed by atoms with Crippen LogP contribution in [-0.2, 0) is 6.42 Å². The van der Waals surface area contributed by atoms with E-state index in [9.17, 15) is 14.5 Å². The summed E-state index contributed by atoms with van der Waals surface area (Å²) in [5, 5.41) is 14.8. The molecule has 5 nitrogen and oxygen atoms in total. The predicted molar refractivity (Wildman–Crippen MR) is 106 cm³/mol. The number of nitro benzene ring substituents is 1. The van der Waals surface area contributed by atoms with E-state index >= 15 is 0 Å². The summed E-state index contributed by atoms with van der Waals surface area (Å²) in [4.78, 5) is 10.9. The molecular formula is C22H21FN2O3. The van der Waals surface area contributed by atoms with Gasteiger partial charge in [-0.1, -0.05) is 48.5 Å². The van der Waals surface area contributed by atoms with Crippen molar-refractivity contribution in [1.29, 1.82) is 0 Å². The summed E-state index contributed by atoms with van der Waals surface area (Å²) in [5.41, 5.74) is 2.63. The first-order valence-electron chi connectivity index (χ1n) is 8.93. The van der Waals surface area contributed by atoms with E-state index in [4.69, 9.17) is 4.74 Å². The number of nitrogens with one attached hydrogen (secondary N) is 1. The van der Waals surface area contributed by atoms with Crippen molar-refractivity contribution in [3.05, 3.63) is 105 Å². The van der Waals surface area contributed by atoms with Crippen molar-refractivity contribution in [3.8, 4) is 5.75 Å². The van der Waals surface area contributed by atoms with E-state index in [1.54, 1.807) is 24.3 Å². The molecule has 0 saturated carbocycles. The Morgan fingerprint density at radius 1 is 1.04 bits per heavy atom. The molecule has 0 aliphatic rings. The third kappa shape index (κ3) is 4.72. The van der Waals surface area contributed by atoms with E-state index in [2.05, 4.69) is 5.32 Å². The summed E-state index contributed by atoms with van der Waals surface area (Å²) in [5.74, 6) is -0.122. The Labute approximate surface area is 162 Å². The Hall–Kier alpha value is -3.25. The minimum atomic E-state index is -0.464. The van der Waals surface area contributed by atoms with E-state index in [1.165, 1.54) is 30.9 Å². The number of nitro groups is 1. The molecule has 1 N–H and O–H groups in total. The third-order valence-electron chi connectivity index (χ3n) is 4.54. The average molecular weight is 380 g/mol. The van der Waals surface area contributed by atoms with E-state index in [-0.39, 0.29) is 23.3 Å². The molecule has 1 atom stereocenters. The molecule has 0 bridgehead atoms. The Bertz CT molecular complexity index is 930. The van der Waals surface area contributed by atoms with Crippen LogP contribution < -0.4 is 10.1 Å². The van der Waals surface area contributed by atoms with Crippen LogP contribution in [0.1, 0.15) is 22.7 Å². The predicted octanol–water partition coefficient (Wildman–Crippen LogP) is 4.66. The highest BCUT2D eigenvalue weighted by molar-refractivity contribution is 5.50. The summed E-state index contributed by atoms with van der Waals surface area (Å²) in [6.45, 7) is 0.659. The standard InChI is InChI=1S/C22H21FN2O3/c1-28-21-12-9-18(15-20(21)25(26)27)22(17-7-10-19(23)11-8-17)24-14-13-16-5-3-2-4-6-16/h2-12,15,22,24H,13-14H2,1H3. The van der Waals surface area contributed by atoms with E-state index in [0.717, 1.165) is 12.0 Å². The first-order chi connectivity index (χ1) is 13.6. The maximum Gasteiger partial charge on any atom is 0.311 e. The largest absolute Gasteiger partial charge is 0.490 e. The topological polar surface area (TPSA) is 64.4 Å². The molecule has 0 aliphatic carbocycles. The van der Waals surface area contributed by atoms with Gasteiger partial charge in [-0.25, -0.2) is 4.39 Å². The lowest BCUT2D eigenvalue weighted by Crippen LogP contribution is -2.25. The third-order valence-corrected chi connectivity index (χ3v) is 4.54. The van der Waals surface area contributed by atoms with Crippen LogP contribution in [0.25, 0.3) is 0 Å². The number of hydrogen-bond donors (Lipinski definition) is 1. The Morgan fingerprint density at radius 3 is 2.36 bits per heavy atom. The lowest BCUT2D eigenvalue weighted by Gasteiger charge is -2.20. The van der Waals surface area contributed by atoms with Crippen LogP contribution >= 0.6 is 0 Å². The number of nitrogens with zero attached hydrogens (tertiary/aromatic N) is 1. The van der Waals surface area contributed by atoms with Gasteiger partial charge in [0.2, 0.25) is 0 Å². The van der Waals surface area contributed by atoms with Gasteiger partial charge in [-0.05, 0) is 41.3 Å². The second kappa shape index (κ2) is 9.10.